The standard InChI is InChI=1S/C20H26N4O3/c1-12-9-23(8-7-16(12)21)10-13-3-2-4-14-15(13)11-24(20(14)27)17-5-6-18(25)22-19(17)26/h2-4,12,16-17H,5-11,21H2,1H3,(H,22,25,26). The maximum atomic E-state index is 12.9. The molecule has 3 aliphatic rings. The largest absolute Gasteiger partial charge is 0.327 e. The van der Waals surface area contributed by atoms with Gasteiger partial charge in [0.05, 0.1) is 0 Å². The normalized spacial score (nSPS) is 29.0. The topological polar surface area (TPSA) is 95.7 Å². The first kappa shape index (κ1) is 18.1. The van der Waals surface area contributed by atoms with E-state index < -0.39 is 6.04 Å². The van der Waals surface area contributed by atoms with Crippen molar-refractivity contribution in [1.29, 1.82) is 0 Å². The van der Waals surface area contributed by atoms with E-state index >= 15 is 0 Å². The first-order valence-electron chi connectivity index (χ1n) is 9.67. The quantitative estimate of drug-likeness (QED) is 0.761. The number of nitrogens with zero attached hydrogens (tertiary/aromatic N) is 2. The minimum absolute atomic E-state index is 0.115. The summed E-state index contributed by atoms with van der Waals surface area (Å²) in [5, 5.41) is 2.35. The van der Waals surface area contributed by atoms with Gasteiger partial charge in [0.1, 0.15) is 6.04 Å². The van der Waals surface area contributed by atoms with Gasteiger partial charge in [-0.25, -0.2) is 0 Å². The number of imide groups is 1. The van der Waals surface area contributed by atoms with Crippen LogP contribution in [0.25, 0.3) is 0 Å². The Hall–Kier alpha value is -2.25. The van der Waals surface area contributed by atoms with Crippen molar-refractivity contribution in [1.82, 2.24) is 15.1 Å². The van der Waals surface area contributed by atoms with E-state index in [9.17, 15) is 14.4 Å². The van der Waals surface area contributed by atoms with E-state index in [1.165, 1.54) is 0 Å². The molecule has 3 heterocycles. The van der Waals surface area contributed by atoms with E-state index in [-0.39, 0.29) is 30.2 Å². The second-order valence-corrected chi connectivity index (χ2v) is 8.01. The van der Waals surface area contributed by atoms with E-state index in [0.29, 0.717) is 24.4 Å². The van der Waals surface area contributed by atoms with E-state index in [4.69, 9.17) is 5.73 Å². The number of amides is 3. The molecule has 3 N–H and O–H groups in total. The Balaban J connectivity index is 1.53. The van der Waals surface area contributed by atoms with E-state index in [2.05, 4.69) is 23.2 Å². The van der Waals surface area contributed by atoms with Crippen molar-refractivity contribution in [3.63, 3.8) is 0 Å². The van der Waals surface area contributed by atoms with E-state index in [0.717, 1.165) is 37.2 Å². The SMILES string of the molecule is CC1CN(Cc2cccc3c2CN(C2CCC(=O)NC2=O)C3=O)CCC1N. The molecule has 0 saturated carbocycles. The number of fused-ring (bicyclic) bond motifs is 1. The highest BCUT2D eigenvalue weighted by molar-refractivity contribution is 6.05. The third kappa shape index (κ3) is 3.37. The summed E-state index contributed by atoms with van der Waals surface area (Å²) in [7, 11) is 0. The van der Waals surface area contributed by atoms with Crippen LogP contribution in [0, 0.1) is 5.92 Å². The summed E-state index contributed by atoms with van der Waals surface area (Å²) in [5.41, 5.74) is 8.95. The molecule has 0 aromatic heterocycles. The molecule has 3 aliphatic heterocycles. The van der Waals surface area contributed by atoms with Crippen LogP contribution in [0.15, 0.2) is 18.2 Å². The molecule has 0 aliphatic carbocycles. The summed E-state index contributed by atoms with van der Waals surface area (Å²) in [6.07, 6.45) is 1.65. The Kier molecular flexibility index (Phi) is 4.74. The van der Waals surface area contributed by atoms with Crippen LogP contribution in [0.1, 0.15) is 47.7 Å². The van der Waals surface area contributed by atoms with Crippen LogP contribution in [-0.2, 0) is 22.7 Å². The zero-order valence-electron chi connectivity index (χ0n) is 15.6. The fourth-order valence-corrected chi connectivity index (χ4v) is 4.43. The smallest absolute Gasteiger partial charge is 0.255 e. The van der Waals surface area contributed by atoms with Crippen LogP contribution in [0.3, 0.4) is 0 Å². The van der Waals surface area contributed by atoms with Gasteiger partial charge in [0.15, 0.2) is 0 Å². The number of rotatable bonds is 3. The minimum atomic E-state index is -0.566. The van der Waals surface area contributed by atoms with Gasteiger partial charge in [0, 0.05) is 37.7 Å². The molecule has 3 amide bonds. The first-order chi connectivity index (χ1) is 12.9. The fraction of sp³-hybridized carbons (Fsp3) is 0.550. The number of likely N-dealkylation sites (tertiary alicyclic amines) is 1. The Labute approximate surface area is 158 Å². The maximum absolute atomic E-state index is 12.9. The van der Waals surface area contributed by atoms with Crippen molar-refractivity contribution in [3.05, 3.63) is 34.9 Å². The van der Waals surface area contributed by atoms with Crippen molar-refractivity contribution in [2.24, 2.45) is 11.7 Å². The molecule has 3 atom stereocenters. The van der Waals surface area contributed by atoms with Crippen LogP contribution in [-0.4, -0.2) is 52.7 Å². The van der Waals surface area contributed by atoms with Gasteiger partial charge in [-0.3, -0.25) is 24.6 Å². The molecule has 0 spiro atoms. The molecule has 27 heavy (non-hydrogen) atoms. The van der Waals surface area contributed by atoms with Crippen molar-refractivity contribution in [3.8, 4) is 0 Å². The average molecular weight is 370 g/mol. The van der Waals surface area contributed by atoms with Gasteiger partial charge in [-0.05, 0) is 42.5 Å². The van der Waals surface area contributed by atoms with Crippen molar-refractivity contribution in [2.45, 2.75) is 51.4 Å². The summed E-state index contributed by atoms with van der Waals surface area (Å²) in [6, 6.07) is 5.51. The van der Waals surface area contributed by atoms with Crippen LogP contribution < -0.4 is 11.1 Å². The third-order valence-electron chi connectivity index (χ3n) is 6.13. The summed E-state index contributed by atoms with van der Waals surface area (Å²) in [6.45, 7) is 5.31. The maximum Gasteiger partial charge on any atom is 0.255 e. The first-order valence-corrected chi connectivity index (χ1v) is 9.67. The molecular weight excluding hydrogens is 344 g/mol. The van der Waals surface area contributed by atoms with Crippen molar-refractivity contribution in [2.75, 3.05) is 13.1 Å². The molecule has 1 aromatic rings. The van der Waals surface area contributed by atoms with Crippen LogP contribution in [0.4, 0.5) is 0 Å². The second-order valence-electron chi connectivity index (χ2n) is 8.01. The number of nitrogens with one attached hydrogen (secondary N) is 1. The number of piperidine rings is 2. The number of hydrogen-bond acceptors (Lipinski definition) is 5. The monoisotopic (exact) mass is 370 g/mol. The average Bonchev–Trinajstić information content (AvgIpc) is 2.96. The predicted octanol–water partition coefficient (Wildman–Crippen LogP) is 0.617. The van der Waals surface area contributed by atoms with Gasteiger partial charge in [-0.15, -0.1) is 0 Å². The predicted molar refractivity (Wildman–Crippen MR) is 99.5 cm³/mol. The van der Waals surface area contributed by atoms with Gasteiger partial charge in [-0.2, -0.15) is 0 Å². The van der Waals surface area contributed by atoms with Gasteiger partial charge in [-0.1, -0.05) is 19.1 Å². The van der Waals surface area contributed by atoms with E-state index in [1.54, 1.807) is 4.90 Å². The van der Waals surface area contributed by atoms with Crippen LogP contribution in [0.5, 0.6) is 0 Å². The van der Waals surface area contributed by atoms with E-state index in [1.807, 2.05) is 12.1 Å². The molecule has 1 aromatic carbocycles. The molecule has 7 heteroatoms. The summed E-state index contributed by atoms with van der Waals surface area (Å²) < 4.78 is 0. The number of benzene rings is 1. The van der Waals surface area contributed by atoms with Gasteiger partial charge < -0.3 is 10.6 Å². The Bertz CT molecular complexity index is 793. The Morgan fingerprint density at radius 1 is 1.22 bits per heavy atom. The number of carbonyl (C=O) groups excluding carboxylic acids is 3. The fourth-order valence-electron chi connectivity index (χ4n) is 4.43. The number of carbonyl (C=O) groups is 3. The minimum Gasteiger partial charge on any atom is -0.327 e. The van der Waals surface area contributed by atoms with Gasteiger partial charge in [0.25, 0.3) is 5.91 Å². The van der Waals surface area contributed by atoms with Crippen LogP contribution in [0.2, 0.25) is 0 Å². The van der Waals surface area contributed by atoms with Crippen LogP contribution >= 0.6 is 0 Å². The summed E-state index contributed by atoms with van der Waals surface area (Å²) in [4.78, 5) is 40.5. The summed E-state index contributed by atoms with van der Waals surface area (Å²) in [5.74, 6) is -0.293. The lowest BCUT2D eigenvalue weighted by molar-refractivity contribution is -0.136. The molecule has 2 fully saturated rings. The highest BCUT2D eigenvalue weighted by atomic mass is 16.2. The molecule has 3 unspecified atom stereocenters. The zero-order chi connectivity index (χ0) is 19.1. The molecule has 7 nitrogen and oxygen atoms in total. The molecule has 144 valence electrons. The highest BCUT2D eigenvalue weighted by Gasteiger charge is 2.39. The van der Waals surface area contributed by atoms with Gasteiger partial charge >= 0.3 is 0 Å². The lowest BCUT2D eigenvalue weighted by Gasteiger charge is -2.35. The second kappa shape index (κ2) is 7.05. The third-order valence-corrected chi connectivity index (χ3v) is 6.13. The zero-order valence-corrected chi connectivity index (χ0v) is 15.6. The summed E-state index contributed by atoms with van der Waals surface area (Å²) >= 11 is 0. The van der Waals surface area contributed by atoms with Gasteiger partial charge in [0.2, 0.25) is 11.8 Å². The van der Waals surface area contributed by atoms with Crippen molar-refractivity contribution >= 4 is 17.7 Å². The lowest BCUT2D eigenvalue weighted by atomic mass is 9.94. The molecule has 4 rings (SSSR count). The molecule has 2 saturated heterocycles. The lowest BCUT2D eigenvalue weighted by Crippen LogP contribution is -2.52. The van der Waals surface area contributed by atoms with Crippen molar-refractivity contribution < 1.29 is 14.4 Å². The number of nitrogens with two attached hydrogens (primary N) is 1. The molecule has 0 radical (unpaired) electrons. The molecular formula is C20H26N4O3. The number of hydrogen-bond donors (Lipinski definition) is 2. The Morgan fingerprint density at radius 3 is 2.78 bits per heavy atom. The Morgan fingerprint density at radius 2 is 2.04 bits per heavy atom. The highest BCUT2D eigenvalue weighted by Crippen LogP contribution is 2.31. The molecule has 0 bridgehead atoms.